The number of ether oxygens (including phenoxy) is 1. The minimum atomic E-state index is -2.99. The number of nitrogens with zero attached hydrogens (tertiary/aromatic N) is 1. The third-order valence-electron chi connectivity index (χ3n) is 4.80. The molecule has 0 spiro atoms. The number of hydrogen-bond acceptors (Lipinski definition) is 5. The Hall–Kier alpha value is -3.34. The van der Waals surface area contributed by atoms with Crippen LogP contribution in [0.25, 0.3) is 0 Å². The van der Waals surface area contributed by atoms with E-state index in [2.05, 4.69) is 20.0 Å². The van der Waals surface area contributed by atoms with Crippen LogP contribution in [0.5, 0.6) is 5.75 Å². The topological polar surface area (TPSA) is 84.1 Å². The van der Waals surface area contributed by atoms with Gasteiger partial charge in [-0.15, -0.1) is 0 Å². The predicted molar refractivity (Wildman–Crippen MR) is 121 cm³/mol. The van der Waals surface area contributed by atoms with Crippen LogP contribution in [0.3, 0.4) is 0 Å². The second-order valence-corrected chi connectivity index (χ2v) is 8.20. The molecule has 1 heterocycles. The van der Waals surface area contributed by atoms with Crippen LogP contribution in [0, 0.1) is 6.92 Å². The maximum absolute atomic E-state index is 12.8. The number of aromatic nitrogens is 2. The number of nitrogens with one attached hydrogen (secondary N) is 2. The number of carbonyl (C=O) groups excluding carboxylic acids is 1. The van der Waals surface area contributed by atoms with Crippen LogP contribution in [-0.2, 0) is 17.6 Å². The average molecular weight is 495 g/mol. The molecule has 11 heteroatoms. The number of anilines is 1. The SMILES string of the molecule is Cc1nc(SC(F)F)[nH]c(=O)c1CCC(=O)Nc1ccc(OC(F)F)c(Cc2ccccc2)c1. The molecule has 0 unspecified atom stereocenters. The lowest BCUT2D eigenvalue weighted by atomic mass is 10.0. The summed E-state index contributed by atoms with van der Waals surface area (Å²) in [5, 5.41) is 2.49. The number of benzene rings is 2. The molecule has 0 bridgehead atoms. The highest BCUT2D eigenvalue weighted by Crippen LogP contribution is 2.27. The first-order valence-corrected chi connectivity index (χ1v) is 11.1. The molecule has 0 aliphatic carbocycles. The normalized spacial score (nSPS) is 11.1. The maximum Gasteiger partial charge on any atom is 0.387 e. The molecule has 0 atom stereocenters. The molecule has 6 nitrogen and oxygen atoms in total. The number of halogens is 4. The number of alkyl halides is 4. The van der Waals surface area contributed by atoms with E-state index in [1.54, 1.807) is 6.07 Å². The van der Waals surface area contributed by atoms with Gasteiger partial charge in [-0.25, -0.2) is 4.98 Å². The lowest BCUT2D eigenvalue weighted by Gasteiger charge is -2.14. The summed E-state index contributed by atoms with van der Waals surface area (Å²) in [5.74, 6) is -3.13. The number of rotatable bonds is 10. The van der Waals surface area contributed by atoms with Gasteiger partial charge >= 0.3 is 6.61 Å². The smallest absolute Gasteiger partial charge is 0.387 e. The maximum atomic E-state index is 12.8. The number of aromatic amines is 1. The van der Waals surface area contributed by atoms with Crippen molar-refractivity contribution in [2.45, 2.75) is 43.7 Å². The van der Waals surface area contributed by atoms with Crippen molar-refractivity contribution in [3.8, 4) is 5.75 Å². The van der Waals surface area contributed by atoms with Gasteiger partial charge in [0.15, 0.2) is 5.16 Å². The summed E-state index contributed by atoms with van der Waals surface area (Å²) in [7, 11) is 0. The van der Waals surface area contributed by atoms with Crippen molar-refractivity contribution < 1.29 is 27.1 Å². The molecule has 0 saturated carbocycles. The first kappa shape index (κ1) is 25.3. The Morgan fingerprint density at radius 3 is 2.53 bits per heavy atom. The van der Waals surface area contributed by atoms with Gasteiger partial charge in [0.2, 0.25) is 5.91 Å². The summed E-state index contributed by atoms with van der Waals surface area (Å²) in [5.41, 5.74) is 1.62. The standard InChI is InChI=1S/C23H21F4N3O3S/c1-13-17(20(32)30-23(28-13)34-22(26)27)8-10-19(31)29-16-7-9-18(33-21(24)25)15(12-16)11-14-5-3-2-4-6-14/h2-7,9,12,21-22H,8,10-11H2,1H3,(H,29,31)(H,28,30,32). The van der Waals surface area contributed by atoms with Crippen molar-refractivity contribution in [3.05, 3.63) is 81.3 Å². The van der Waals surface area contributed by atoms with E-state index in [1.807, 2.05) is 30.3 Å². The quantitative estimate of drug-likeness (QED) is 0.231. The fourth-order valence-corrected chi connectivity index (χ4v) is 3.81. The fourth-order valence-electron chi connectivity index (χ4n) is 3.30. The largest absolute Gasteiger partial charge is 0.435 e. The second kappa shape index (κ2) is 11.7. The lowest BCUT2D eigenvalue weighted by molar-refractivity contribution is -0.116. The highest BCUT2D eigenvalue weighted by atomic mass is 32.2. The van der Waals surface area contributed by atoms with Crippen molar-refractivity contribution in [2.75, 3.05) is 5.32 Å². The summed E-state index contributed by atoms with van der Waals surface area (Å²) in [6, 6.07) is 13.5. The van der Waals surface area contributed by atoms with Crippen molar-refractivity contribution in [1.82, 2.24) is 9.97 Å². The Labute approximate surface area is 196 Å². The van der Waals surface area contributed by atoms with Crippen LogP contribution in [0.1, 0.15) is 28.8 Å². The Bertz CT molecular complexity index is 1190. The average Bonchev–Trinajstić information content (AvgIpc) is 2.75. The van der Waals surface area contributed by atoms with E-state index in [9.17, 15) is 27.2 Å². The molecule has 1 amide bonds. The van der Waals surface area contributed by atoms with Crippen molar-refractivity contribution in [3.63, 3.8) is 0 Å². The third kappa shape index (κ3) is 7.34. The van der Waals surface area contributed by atoms with E-state index in [0.717, 1.165) is 5.56 Å². The Kier molecular flexibility index (Phi) is 8.69. The minimum absolute atomic E-state index is 0.00634. The molecule has 2 aromatic carbocycles. The van der Waals surface area contributed by atoms with Gasteiger partial charge in [0, 0.05) is 35.3 Å². The van der Waals surface area contributed by atoms with E-state index >= 15 is 0 Å². The number of amides is 1. The van der Waals surface area contributed by atoms with Gasteiger partial charge in [-0.2, -0.15) is 17.6 Å². The molecule has 0 aliphatic rings. The number of hydrogen-bond donors (Lipinski definition) is 2. The van der Waals surface area contributed by atoms with Crippen LogP contribution < -0.4 is 15.6 Å². The molecule has 0 radical (unpaired) electrons. The summed E-state index contributed by atoms with van der Waals surface area (Å²) >= 11 is 0.132. The highest BCUT2D eigenvalue weighted by Gasteiger charge is 2.15. The first-order chi connectivity index (χ1) is 16.2. The van der Waals surface area contributed by atoms with Gasteiger partial charge in [0.05, 0.1) is 0 Å². The molecule has 180 valence electrons. The highest BCUT2D eigenvalue weighted by molar-refractivity contribution is 7.99. The number of aryl methyl sites for hydroxylation is 1. The molecule has 3 aromatic rings. The lowest BCUT2D eigenvalue weighted by Crippen LogP contribution is -2.20. The zero-order valence-corrected chi connectivity index (χ0v) is 18.8. The second-order valence-electron chi connectivity index (χ2n) is 7.23. The minimum Gasteiger partial charge on any atom is -0.435 e. The molecule has 3 rings (SSSR count). The van der Waals surface area contributed by atoms with Gasteiger partial charge in [-0.1, -0.05) is 30.3 Å². The van der Waals surface area contributed by atoms with E-state index in [4.69, 9.17) is 0 Å². The summed E-state index contributed by atoms with van der Waals surface area (Å²) in [6.07, 6.45) is 0.287. The van der Waals surface area contributed by atoms with E-state index < -0.39 is 23.8 Å². The summed E-state index contributed by atoms with van der Waals surface area (Å²) in [6.45, 7) is -1.48. The van der Waals surface area contributed by atoms with Gasteiger partial charge in [-0.3, -0.25) is 9.59 Å². The van der Waals surface area contributed by atoms with E-state index in [-0.39, 0.29) is 46.8 Å². The van der Waals surface area contributed by atoms with Gasteiger partial charge in [0.1, 0.15) is 5.75 Å². The van der Waals surface area contributed by atoms with Crippen LogP contribution in [0.2, 0.25) is 0 Å². The molecule has 34 heavy (non-hydrogen) atoms. The first-order valence-electron chi connectivity index (χ1n) is 10.2. The molecule has 0 fully saturated rings. The fraction of sp³-hybridized carbons (Fsp3) is 0.261. The molecule has 2 N–H and O–H groups in total. The van der Waals surface area contributed by atoms with E-state index in [0.29, 0.717) is 17.7 Å². The molecule has 0 aliphatic heterocycles. The Morgan fingerprint density at radius 1 is 1.15 bits per heavy atom. The monoisotopic (exact) mass is 495 g/mol. The van der Waals surface area contributed by atoms with Crippen molar-refractivity contribution in [1.29, 1.82) is 0 Å². The van der Waals surface area contributed by atoms with Crippen LogP contribution in [0.15, 0.2) is 58.5 Å². The Balaban J connectivity index is 1.70. The molecule has 1 aromatic heterocycles. The zero-order chi connectivity index (χ0) is 24.7. The number of thioether (sulfide) groups is 1. The summed E-state index contributed by atoms with van der Waals surface area (Å²) < 4.78 is 55.2. The van der Waals surface area contributed by atoms with Gasteiger partial charge < -0.3 is 15.0 Å². The molecule has 0 saturated heterocycles. The third-order valence-corrected chi connectivity index (χ3v) is 5.40. The predicted octanol–water partition coefficient (Wildman–Crippen LogP) is 5.16. The van der Waals surface area contributed by atoms with Crippen LogP contribution in [0.4, 0.5) is 23.2 Å². The van der Waals surface area contributed by atoms with E-state index in [1.165, 1.54) is 19.1 Å². The molecular formula is C23H21F4N3O3S. The van der Waals surface area contributed by atoms with Gasteiger partial charge in [-0.05, 0) is 48.9 Å². The number of carbonyl (C=O) groups is 1. The molecular weight excluding hydrogens is 474 g/mol. The summed E-state index contributed by atoms with van der Waals surface area (Å²) in [4.78, 5) is 30.9. The number of H-pyrrole nitrogens is 1. The zero-order valence-electron chi connectivity index (χ0n) is 18.0. The van der Waals surface area contributed by atoms with Crippen LogP contribution in [-0.4, -0.2) is 28.2 Å². The van der Waals surface area contributed by atoms with Gasteiger partial charge in [0.25, 0.3) is 11.3 Å². The van der Waals surface area contributed by atoms with Crippen molar-refractivity contribution in [2.24, 2.45) is 0 Å². The van der Waals surface area contributed by atoms with Crippen molar-refractivity contribution >= 4 is 23.4 Å². The van der Waals surface area contributed by atoms with Crippen LogP contribution >= 0.6 is 11.8 Å². The Morgan fingerprint density at radius 2 is 1.88 bits per heavy atom.